The van der Waals surface area contributed by atoms with Crippen molar-refractivity contribution in [3.05, 3.63) is 0 Å². The third-order valence-electron chi connectivity index (χ3n) is 3.84. The first kappa shape index (κ1) is 14.9. The van der Waals surface area contributed by atoms with E-state index in [1.165, 1.54) is 25.7 Å². The third-order valence-corrected chi connectivity index (χ3v) is 3.84. The standard InChI is InChI=1S/C14H30N2O/c1-12(2)16(9-10-17-4)13(3)11-15-14-7-5-6-8-14/h12-15H,5-11H2,1-4H3. The van der Waals surface area contributed by atoms with Gasteiger partial charge >= 0.3 is 0 Å². The Morgan fingerprint density at radius 1 is 1.24 bits per heavy atom. The average Bonchev–Trinajstić information content (AvgIpc) is 2.79. The molecule has 1 N–H and O–H groups in total. The second-order valence-corrected chi connectivity index (χ2v) is 5.56. The topological polar surface area (TPSA) is 24.5 Å². The maximum Gasteiger partial charge on any atom is 0.0589 e. The van der Waals surface area contributed by atoms with E-state index in [2.05, 4.69) is 31.0 Å². The first-order chi connectivity index (χ1) is 8.15. The van der Waals surface area contributed by atoms with Crippen LogP contribution in [0, 0.1) is 0 Å². The Morgan fingerprint density at radius 3 is 2.41 bits per heavy atom. The summed E-state index contributed by atoms with van der Waals surface area (Å²) in [6.07, 6.45) is 5.55. The maximum absolute atomic E-state index is 5.19. The molecule has 0 heterocycles. The Morgan fingerprint density at radius 2 is 1.88 bits per heavy atom. The van der Waals surface area contributed by atoms with Crippen molar-refractivity contribution in [3.63, 3.8) is 0 Å². The molecule has 0 spiro atoms. The number of nitrogens with zero attached hydrogens (tertiary/aromatic N) is 1. The molecule has 1 atom stereocenters. The molecule has 0 saturated heterocycles. The fourth-order valence-electron chi connectivity index (χ4n) is 2.77. The zero-order chi connectivity index (χ0) is 12.7. The van der Waals surface area contributed by atoms with Gasteiger partial charge < -0.3 is 10.1 Å². The summed E-state index contributed by atoms with van der Waals surface area (Å²) in [4.78, 5) is 2.52. The first-order valence-electron chi connectivity index (χ1n) is 7.13. The Bertz CT molecular complexity index is 191. The van der Waals surface area contributed by atoms with Gasteiger partial charge in [-0.3, -0.25) is 4.90 Å². The van der Waals surface area contributed by atoms with E-state index in [0.29, 0.717) is 12.1 Å². The number of nitrogens with one attached hydrogen (secondary N) is 1. The highest BCUT2D eigenvalue weighted by Crippen LogP contribution is 2.17. The Balaban J connectivity index is 2.27. The van der Waals surface area contributed by atoms with Gasteiger partial charge in [0.25, 0.3) is 0 Å². The lowest BCUT2D eigenvalue weighted by atomic mass is 10.2. The maximum atomic E-state index is 5.19. The van der Waals surface area contributed by atoms with Crippen LogP contribution in [0.1, 0.15) is 46.5 Å². The number of hydrogen-bond donors (Lipinski definition) is 1. The van der Waals surface area contributed by atoms with Gasteiger partial charge in [-0.2, -0.15) is 0 Å². The number of methoxy groups -OCH3 is 1. The molecule has 17 heavy (non-hydrogen) atoms. The minimum atomic E-state index is 0.588. The predicted octanol–water partition coefficient (Wildman–Crippen LogP) is 2.26. The smallest absolute Gasteiger partial charge is 0.0589 e. The number of rotatable bonds is 8. The summed E-state index contributed by atoms with van der Waals surface area (Å²) in [6, 6.07) is 1.95. The zero-order valence-corrected chi connectivity index (χ0v) is 12.0. The molecule has 1 fully saturated rings. The SMILES string of the molecule is COCCN(C(C)C)C(C)CNC1CCCC1. The third kappa shape index (κ3) is 5.36. The van der Waals surface area contributed by atoms with Crippen LogP contribution in [-0.2, 0) is 4.74 Å². The van der Waals surface area contributed by atoms with E-state index >= 15 is 0 Å². The van der Waals surface area contributed by atoms with Gasteiger partial charge in [0.05, 0.1) is 6.61 Å². The van der Waals surface area contributed by atoms with E-state index < -0.39 is 0 Å². The van der Waals surface area contributed by atoms with Gasteiger partial charge in [-0.25, -0.2) is 0 Å². The minimum absolute atomic E-state index is 0.588. The molecule has 0 aromatic carbocycles. The summed E-state index contributed by atoms with van der Waals surface area (Å²) >= 11 is 0. The second kappa shape index (κ2) is 8.06. The molecule has 1 rings (SSSR count). The van der Waals surface area contributed by atoms with Crippen LogP contribution in [0.2, 0.25) is 0 Å². The normalized spacial score (nSPS) is 19.4. The Labute approximate surface area is 107 Å². The van der Waals surface area contributed by atoms with E-state index in [-0.39, 0.29) is 0 Å². The summed E-state index contributed by atoms with van der Waals surface area (Å²) in [5, 5.41) is 3.71. The zero-order valence-electron chi connectivity index (χ0n) is 12.0. The van der Waals surface area contributed by atoms with Gasteiger partial charge in [-0.1, -0.05) is 12.8 Å². The summed E-state index contributed by atoms with van der Waals surface area (Å²) in [5.41, 5.74) is 0. The molecule has 0 aromatic rings. The summed E-state index contributed by atoms with van der Waals surface area (Å²) in [7, 11) is 1.78. The van der Waals surface area contributed by atoms with E-state index in [4.69, 9.17) is 4.74 Å². The van der Waals surface area contributed by atoms with Crippen molar-refractivity contribution < 1.29 is 4.74 Å². The van der Waals surface area contributed by atoms with Crippen molar-refractivity contribution in [2.24, 2.45) is 0 Å². The Kier molecular flexibility index (Phi) is 7.09. The van der Waals surface area contributed by atoms with Crippen LogP contribution in [0.3, 0.4) is 0 Å². The largest absolute Gasteiger partial charge is 0.383 e. The molecule has 1 aliphatic carbocycles. The van der Waals surface area contributed by atoms with Crippen molar-refractivity contribution >= 4 is 0 Å². The highest BCUT2D eigenvalue weighted by molar-refractivity contribution is 4.78. The molecular formula is C14H30N2O. The van der Waals surface area contributed by atoms with Gasteiger partial charge in [0, 0.05) is 38.3 Å². The van der Waals surface area contributed by atoms with Crippen molar-refractivity contribution in [2.75, 3.05) is 26.8 Å². The fraction of sp³-hybridized carbons (Fsp3) is 1.00. The number of ether oxygens (including phenoxy) is 1. The molecule has 0 radical (unpaired) electrons. The predicted molar refractivity (Wildman–Crippen MR) is 73.4 cm³/mol. The molecule has 102 valence electrons. The van der Waals surface area contributed by atoms with E-state index in [1.54, 1.807) is 7.11 Å². The van der Waals surface area contributed by atoms with Crippen LogP contribution in [0.5, 0.6) is 0 Å². The fourth-order valence-corrected chi connectivity index (χ4v) is 2.77. The van der Waals surface area contributed by atoms with Gasteiger partial charge in [0.15, 0.2) is 0 Å². The van der Waals surface area contributed by atoms with Crippen molar-refractivity contribution in [2.45, 2.75) is 64.6 Å². The van der Waals surface area contributed by atoms with Crippen molar-refractivity contribution in [1.29, 1.82) is 0 Å². The van der Waals surface area contributed by atoms with E-state index in [0.717, 1.165) is 25.7 Å². The van der Waals surface area contributed by atoms with Crippen LogP contribution in [0.15, 0.2) is 0 Å². The molecular weight excluding hydrogens is 212 g/mol. The minimum Gasteiger partial charge on any atom is -0.383 e. The van der Waals surface area contributed by atoms with Crippen LogP contribution in [-0.4, -0.2) is 49.8 Å². The van der Waals surface area contributed by atoms with Crippen LogP contribution >= 0.6 is 0 Å². The summed E-state index contributed by atoms with van der Waals surface area (Å²) < 4.78 is 5.19. The molecule has 0 aromatic heterocycles. The van der Waals surface area contributed by atoms with Gasteiger partial charge in [-0.05, 0) is 33.6 Å². The number of hydrogen-bond acceptors (Lipinski definition) is 3. The summed E-state index contributed by atoms with van der Waals surface area (Å²) in [5.74, 6) is 0. The highest BCUT2D eigenvalue weighted by Gasteiger charge is 2.19. The van der Waals surface area contributed by atoms with Crippen LogP contribution in [0.4, 0.5) is 0 Å². The molecule has 1 saturated carbocycles. The lowest BCUT2D eigenvalue weighted by molar-refractivity contribution is 0.0999. The van der Waals surface area contributed by atoms with Crippen molar-refractivity contribution in [1.82, 2.24) is 10.2 Å². The van der Waals surface area contributed by atoms with Gasteiger partial charge in [0.2, 0.25) is 0 Å². The molecule has 0 aliphatic heterocycles. The summed E-state index contributed by atoms with van der Waals surface area (Å²) in [6.45, 7) is 9.81. The Hall–Kier alpha value is -0.120. The monoisotopic (exact) mass is 242 g/mol. The van der Waals surface area contributed by atoms with Crippen molar-refractivity contribution in [3.8, 4) is 0 Å². The molecule has 1 aliphatic rings. The van der Waals surface area contributed by atoms with E-state index in [1.807, 2.05) is 0 Å². The van der Waals surface area contributed by atoms with Crippen LogP contribution < -0.4 is 5.32 Å². The quantitative estimate of drug-likeness (QED) is 0.706. The molecule has 0 bridgehead atoms. The second-order valence-electron chi connectivity index (χ2n) is 5.56. The van der Waals surface area contributed by atoms with Crippen LogP contribution in [0.25, 0.3) is 0 Å². The highest BCUT2D eigenvalue weighted by atomic mass is 16.5. The lowest BCUT2D eigenvalue weighted by Gasteiger charge is -2.33. The van der Waals surface area contributed by atoms with E-state index in [9.17, 15) is 0 Å². The molecule has 1 unspecified atom stereocenters. The van der Waals surface area contributed by atoms with Gasteiger partial charge in [-0.15, -0.1) is 0 Å². The molecule has 3 heteroatoms. The average molecular weight is 242 g/mol. The van der Waals surface area contributed by atoms with Gasteiger partial charge in [0.1, 0.15) is 0 Å². The molecule has 0 amide bonds. The first-order valence-corrected chi connectivity index (χ1v) is 7.13. The lowest BCUT2D eigenvalue weighted by Crippen LogP contribution is -2.47. The molecule has 3 nitrogen and oxygen atoms in total.